The van der Waals surface area contributed by atoms with E-state index in [-0.39, 0.29) is 12.1 Å². The minimum Gasteiger partial charge on any atom is -0.490 e. The summed E-state index contributed by atoms with van der Waals surface area (Å²) in [5, 5.41) is 0. The second-order valence-corrected chi connectivity index (χ2v) is 6.84. The van der Waals surface area contributed by atoms with Gasteiger partial charge in [-0.05, 0) is 51.7 Å². The Kier molecular flexibility index (Phi) is 3.51. The van der Waals surface area contributed by atoms with E-state index in [2.05, 4.69) is 4.98 Å². The van der Waals surface area contributed by atoms with Gasteiger partial charge in [-0.15, -0.1) is 0 Å². The average Bonchev–Trinajstić information content (AvgIpc) is 3.06. The molecule has 0 spiro atoms. The van der Waals surface area contributed by atoms with E-state index in [1.54, 1.807) is 12.4 Å². The Morgan fingerprint density at radius 2 is 2.24 bits per heavy atom. The number of rotatable bonds is 3. The van der Waals surface area contributed by atoms with Crippen molar-refractivity contribution in [2.75, 3.05) is 6.61 Å². The first-order valence-corrected chi connectivity index (χ1v) is 7.48. The van der Waals surface area contributed by atoms with E-state index in [1.165, 1.54) is 0 Å². The van der Waals surface area contributed by atoms with Crippen LogP contribution in [0.15, 0.2) is 24.5 Å². The van der Waals surface area contributed by atoms with Crippen molar-refractivity contribution < 1.29 is 14.3 Å². The Labute approximate surface area is 125 Å². The number of pyridine rings is 1. The molecule has 1 saturated heterocycles. The summed E-state index contributed by atoms with van der Waals surface area (Å²) >= 11 is 0. The summed E-state index contributed by atoms with van der Waals surface area (Å²) in [6, 6.07) is 4.17. The molecule has 2 heterocycles. The van der Waals surface area contributed by atoms with E-state index < -0.39 is 5.60 Å². The van der Waals surface area contributed by atoms with Gasteiger partial charge < -0.3 is 9.47 Å². The zero-order chi connectivity index (χ0) is 15.0. The van der Waals surface area contributed by atoms with Gasteiger partial charge in [0.15, 0.2) is 0 Å². The molecule has 1 aromatic rings. The van der Waals surface area contributed by atoms with Crippen molar-refractivity contribution >= 4 is 6.09 Å². The van der Waals surface area contributed by atoms with Crippen molar-refractivity contribution in [1.29, 1.82) is 0 Å². The van der Waals surface area contributed by atoms with Crippen LogP contribution in [-0.4, -0.2) is 40.3 Å². The number of hydrogen-bond acceptors (Lipinski definition) is 4. The molecule has 1 aliphatic heterocycles. The average molecular weight is 290 g/mol. The second kappa shape index (κ2) is 5.20. The van der Waals surface area contributed by atoms with E-state index in [4.69, 9.17) is 9.47 Å². The van der Waals surface area contributed by atoms with Crippen LogP contribution in [-0.2, 0) is 4.74 Å². The third-order valence-corrected chi connectivity index (χ3v) is 3.89. The van der Waals surface area contributed by atoms with Crippen molar-refractivity contribution in [1.82, 2.24) is 9.88 Å². The summed E-state index contributed by atoms with van der Waals surface area (Å²) in [5.74, 6) is 1.36. The van der Waals surface area contributed by atoms with Crippen LogP contribution in [0.1, 0.15) is 33.6 Å². The molecule has 1 aromatic heterocycles. The number of aromatic nitrogens is 1. The van der Waals surface area contributed by atoms with Crippen LogP contribution in [0.4, 0.5) is 4.79 Å². The zero-order valence-electron chi connectivity index (χ0n) is 12.8. The van der Waals surface area contributed by atoms with E-state index in [1.807, 2.05) is 37.8 Å². The van der Waals surface area contributed by atoms with E-state index in [0.29, 0.717) is 18.6 Å². The van der Waals surface area contributed by atoms with Crippen molar-refractivity contribution in [2.45, 2.75) is 51.3 Å². The SMILES string of the molecule is CC(C)(C)OC(=O)N1C(COc2cccnc2)CC2CC21. The number of hydrogen-bond donors (Lipinski definition) is 0. The van der Waals surface area contributed by atoms with E-state index in [9.17, 15) is 4.79 Å². The minimum atomic E-state index is -0.460. The molecule has 0 N–H and O–H groups in total. The molecule has 3 atom stereocenters. The standard InChI is InChI=1S/C16H22N2O3/c1-16(2,3)21-15(19)18-12(7-11-8-14(11)18)10-20-13-5-4-6-17-9-13/h4-6,9,11-12,14H,7-8,10H2,1-3H3. The first kappa shape index (κ1) is 14.2. The Morgan fingerprint density at radius 1 is 1.43 bits per heavy atom. The molecule has 2 aliphatic rings. The van der Waals surface area contributed by atoms with Crippen molar-refractivity contribution in [2.24, 2.45) is 5.92 Å². The third-order valence-electron chi connectivity index (χ3n) is 3.89. The van der Waals surface area contributed by atoms with Crippen LogP contribution in [0.5, 0.6) is 5.75 Å². The molecule has 1 aliphatic carbocycles. The number of piperidine rings is 1. The molecule has 1 saturated carbocycles. The fourth-order valence-corrected chi connectivity index (χ4v) is 2.93. The lowest BCUT2D eigenvalue weighted by atomic mass is 10.2. The first-order valence-electron chi connectivity index (χ1n) is 7.48. The van der Waals surface area contributed by atoms with Gasteiger partial charge in [0.25, 0.3) is 0 Å². The predicted octanol–water partition coefficient (Wildman–Crippen LogP) is 2.86. The Hall–Kier alpha value is -1.78. The van der Waals surface area contributed by atoms with Gasteiger partial charge in [0.1, 0.15) is 18.0 Å². The van der Waals surface area contributed by atoms with Gasteiger partial charge in [0, 0.05) is 12.2 Å². The third kappa shape index (κ3) is 3.28. The predicted molar refractivity (Wildman–Crippen MR) is 78.1 cm³/mol. The molecular weight excluding hydrogens is 268 g/mol. The number of fused-ring (bicyclic) bond motifs is 1. The molecule has 3 rings (SSSR count). The van der Waals surface area contributed by atoms with E-state index in [0.717, 1.165) is 18.6 Å². The highest BCUT2D eigenvalue weighted by Gasteiger charge is 2.55. The highest BCUT2D eigenvalue weighted by Crippen LogP contribution is 2.48. The number of amides is 1. The molecule has 3 unspecified atom stereocenters. The lowest BCUT2D eigenvalue weighted by molar-refractivity contribution is 0.0139. The van der Waals surface area contributed by atoms with Crippen LogP contribution in [0.3, 0.4) is 0 Å². The van der Waals surface area contributed by atoms with Crippen LogP contribution in [0.2, 0.25) is 0 Å². The highest BCUT2D eigenvalue weighted by atomic mass is 16.6. The smallest absolute Gasteiger partial charge is 0.410 e. The summed E-state index contributed by atoms with van der Waals surface area (Å²) < 4.78 is 11.3. The molecule has 1 amide bonds. The molecule has 0 aromatic carbocycles. The largest absolute Gasteiger partial charge is 0.490 e. The number of likely N-dealkylation sites (tertiary alicyclic amines) is 1. The summed E-state index contributed by atoms with van der Waals surface area (Å²) in [4.78, 5) is 18.3. The summed E-state index contributed by atoms with van der Waals surface area (Å²) in [5.41, 5.74) is -0.460. The quantitative estimate of drug-likeness (QED) is 0.859. The summed E-state index contributed by atoms with van der Waals surface area (Å²) in [7, 11) is 0. The van der Waals surface area contributed by atoms with Crippen LogP contribution < -0.4 is 4.74 Å². The van der Waals surface area contributed by atoms with Gasteiger partial charge in [-0.2, -0.15) is 0 Å². The summed E-state index contributed by atoms with van der Waals surface area (Å²) in [6.45, 7) is 6.18. The molecule has 2 fully saturated rings. The van der Waals surface area contributed by atoms with Crippen LogP contribution in [0.25, 0.3) is 0 Å². The lowest BCUT2D eigenvalue weighted by Crippen LogP contribution is -2.44. The highest BCUT2D eigenvalue weighted by molar-refractivity contribution is 5.70. The van der Waals surface area contributed by atoms with Crippen molar-refractivity contribution in [3.8, 4) is 5.75 Å². The molecule has 0 bridgehead atoms. The summed E-state index contributed by atoms with van der Waals surface area (Å²) in [6.07, 6.45) is 5.29. The molecule has 5 heteroatoms. The van der Waals surface area contributed by atoms with Crippen LogP contribution in [0, 0.1) is 5.92 Å². The maximum atomic E-state index is 12.4. The Morgan fingerprint density at radius 3 is 2.90 bits per heavy atom. The van der Waals surface area contributed by atoms with Crippen molar-refractivity contribution in [3.63, 3.8) is 0 Å². The van der Waals surface area contributed by atoms with Crippen LogP contribution >= 0.6 is 0 Å². The minimum absolute atomic E-state index is 0.101. The maximum Gasteiger partial charge on any atom is 0.410 e. The molecule has 5 nitrogen and oxygen atoms in total. The van der Waals surface area contributed by atoms with Gasteiger partial charge in [0.2, 0.25) is 0 Å². The topological polar surface area (TPSA) is 51.7 Å². The number of carbonyl (C=O) groups excluding carboxylic acids is 1. The lowest BCUT2D eigenvalue weighted by Gasteiger charge is -2.30. The monoisotopic (exact) mass is 290 g/mol. The maximum absolute atomic E-state index is 12.4. The molecule has 21 heavy (non-hydrogen) atoms. The van der Waals surface area contributed by atoms with Gasteiger partial charge >= 0.3 is 6.09 Å². The normalized spacial score (nSPS) is 27.2. The molecule has 0 radical (unpaired) electrons. The van der Waals surface area contributed by atoms with Crippen molar-refractivity contribution in [3.05, 3.63) is 24.5 Å². The zero-order valence-corrected chi connectivity index (χ0v) is 12.8. The van der Waals surface area contributed by atoms with Gasteiger partial charge in [0.05, 0.1) is 12.2 Å². The second-order valence-electron chi connectivity index (χ2n) is 6.84. The fraction of sp³-hybridized carbons (Fsp3) is 0.625. The number of nitrogens with zero attached hydrogens (tertiary/aromatic N) is 2. The Bertz CT molecular complexity index is 512. The molecule has 114 valence electrons. The van der Waals surface area contributed by atoms with Gasteiger partial charge in [-0.25, -0.2) is 4.79 Å². The Balaban J connectivity index is 1.61. The fourth-order valence-electron chi connectivity index (χ4n) is 2.93. The number of carbonyl (C=O) groups is 1. The molecular formula is C16H22N2O3. The van der Waals surface area contributed by atoms with Gasteiger partial charge in [-0.3, -0.25) is 9.88 Å². The first-order chi connectivity index (χ1) is 9.94. The number of ether oxygens (including phenoxy) is 2. The van der Waals surface area contributed by atoms with Gasteiger partial charge in [-0.1, -0.05) is 0 Å². The van der Waals surface area contributed by atoms with E-state index >= 15 is 0 Å².